The monoisotopic (exact) mass is 289 g/mol. The van der Waals surface area contributed by atoms with Crippen LogP contribution in [0.3, 0.4) is 0 Å². The Kier molecular flexibility index (Phi) is 5.90. The van der Waals surface area contributed by atoms with Crippen LogP contribution < -0.4 is 4.90 Å². The van der Waals surface area contributed by atoms with E-state index < -0.39 is 0 Å². The Morgan fingerprint density at radius 3 is 2.71 bits per heavy atom. The first-order valence-corrected chi connectivity index (χ1v) is 7.43. The fraction of sp³-hybridized carbons (Fsp3) is 0.667. The van der Waals surface area contributed by atoms with Crippen LogP contribution in [0.25, 0.3) is 0 Å². The van der Waals surface area contributed by atoms with Crippen molar-refractivity contribution < 1.29 is 4.74 Å². The predicted molar refractivity (Wildman–Crippen MR) is 81.1 cm³/mol. The summed E-state index contributed by atoms with van der Waals surface area (Å²) in [5, 5.41) is 9.08. The maximum Gasteiger partial charge on any atom is 0.183 e. The topological polar surface area (TPSA) is 65.3 Å². The third kappa shape index (κ3) is 4.66. The van der Waals surface area contributed by atoms with Gasteiger partial charge in [0.15, 0.2) is 11.5 Å². The first-order valence-electron chi connectivity index (χ1n) is 7.43. The van der Waals surface area contributed by atoms with Crippen LogP contribution in [0.2, 0.25) is 0 Å². The zero-order valence-electron chi connectivity index (χ0n) is 12.8. The zero-order chi connectivity index (χ0) is 15.1. The largest absolute Gasteiger partial charge is 0.378 e. The van der Waals surface area contributed by atoms with E-state index in [0.29, 0.717) is 17.6 Å². The molecule has 0 aromatic carbocycles. The van der Waals surface area contributed by atoms with Gasteiger partial charge in [0.2, 0.25) is 0 Å². The van der Waals surface area contributed by atoms with Gasteiger partial charge in [-0.3, -0.25) is 0 Å². The van der Waals surface area contributed by atoms with Crippen LogP contribution in [0.1, 0.15) is 25.0 Å². The second-order valence-corrected chi connectivity index (χ2v) is 5.55. The molecular formula is C15H23N5O. The molecule has 0 unspecified atom stereocenters. The fourth-order valence-corrected chi connectivity index (χ4v) is 2.51. The number of anilines is 1. The lowest BCUT2D eigenvalue weighted by molar-refractivity contribution is 0.0332. The van der Waals surface area contributed by atoms with Gasteiger partial charge in [0.05, 0.1) is 6.10 Å². The van der Waals surface area contributed by atoms with E-state index in [1.807, 2.05) is 0 Å². The summed E-state index contributed by atoms with van der Waals surface area (Å²) < 4.78 is 5.92. The molecule has 1 aliphatic rings. The summed E-state index contributed by atoms with van der Waals surface area (Å²) in [6, 6.07) is 2.11. The number of hydrogen-bond acceptors (Lipinski definition) is 6. The lowest BCUT2D eigenvalue weighted by Gasteiger charge is -2.32. The Morgan fingerprint density at radius 1 is 1.33 bits per heavy atom. The smallest absolute Gasteiger partial charge is 0.183 e. The van der Waals surface area contributed by atoms with E-state index in [2.05, 4.69) is 39.9 Å². The SMILES string of the molecule is CN(C)CCCOC1CCN(c2nccnc2C#N)CC1. The summed E-state index contributed by atoms with van der Waals surface area (Å²) in [4.78, 5) is 12.7. The Morgan fingerprint density at radius 2 is 2.05 bits per heavy atom. The number of ether oxygens (including phenoxy) is 1. The van der Waals surface area contributed by atoms with Crippen molar-refractivity contribution >= 4 is 5.82 Å². The molecule has 1 aromatic rings. The van der Waals surface area contributed by atoms with Gasteiger partial charge in [-0.25, -0.2) is 9.97 Å². The van der Waals surface area contributed by atoms with Crippen LogP contribution in [-0.4, -0.2) is 61.3 Å². The quantitative estimate of drug-likeness (QED) is 0.735. The molecule has 2 rings (SSSR count). The molecule has 114 valence electrons. The van der Waals surface area contributed by atoms with Crippen LogP contribution in [0.15, 0.2) is 12.4 Å². The van der Waals surface area contributed by atoms with Crippen molar-refractivity contribution in [2.45, 2.75) is 25.4 Å². The fourth-order valence-electron chi connectivity index (χ4n) is 2.51. The minimum Gasteiger partial charge on any atom is -0.378 e. The first-order chi connectivity index (χ1) is 10.2. The number of nitriles is 1. The van der Waals surface area contributed by atoms with Crippen molar-refractivity contribution in [1.29, 1.82) is 5.26 Å². The van der Waals surface area contributed by atoms with E-state index >= 15 is 0 Å². The van der Waals surface area contributed by atoms with Gasteiger partial charge < -0.3 is 14.5 Å². The number of nitrogens with zero attached hydrogens (tertiary/aromatic N) is 5. The number of piperidine rings is 1. The molecule has 0 spiro atoms. The van der Waals surface area contributed by atoms with Gasteiger partial charge in [-0.1, -0.05) is 0 Å². The van der Waals surface area contributed by atoms with Crippen LogP contribution in [0.5, 0.6) is 0 Å². The lowest BCUT2D eigenvalue weighted by atomic mass is 10.1. The van der Waals surface area contributed by atoms with E-state index in [1.165, 1.54) is 0 Å². The van der Waals surface area contributed by atoms with Crippen LogP contribution in [-0.2, 0) is 4.74 Å². The molecule has 0 bridgehead atoms. The zero-order valence-corrected chi connectivity index (χ0v) is 12.8. The lowest BCUT2D eigenvalue weighted by Crippen LogP contribution is -2.38. The molecule has 0 saturated carbocycles. The standard InChI is InChI=1S/C15H23N5O/c1-19(2)8-3-11-21-13-4-9-20(10-5-13)15-14(12-16)17-6-7-18-15/h6-7,13H,3-5,8-11H2,1-2H3. The number of hydrogen-bond donors (Lipinski definition) is 0. The molecule has 0 radical (unpaired) electrons. The molecule has 6 nitrogen and oxygen atoms in total. The van der Waals surface area contributed by atoms with Crippen LogP contribution >= 0.6 is 0 Å². The molecular weight excluding hydrogens is 266 g/mol. The van der Waals surface area contributed by atoms with Gasteiger partial charge in [-0.05, 0) is 39.9 Å². The third-order valence-corrected chi connectivity index (χ3v) is 3.63. The average Bonchev–Trinajstić information content (AvgIpc) is 2.52. The summed E-state index contributed by atoms with van der Waals surface area (Å²) in [6.45, 7) is 3.61. The summed E-state index contributed by atoms with van der Waals surface area (Å²) in [5.74, 6) is 0.700. The minimum atomic E-state index is 0.325. The molecule has 0 amide bonds. The van der Waals surface area contributed by atoms with Gasteiger partial charge in [-0.15, -0.1) is 0 Å². The van der Waals surface area contributed by atoms with Gasteiger partial charge in [0.1, 0.15) is 6.07 Å². The Bertz CT molecular complexity index is 477. The van der Waals surface area contributed by atoms with Crippen molar-refractivity contribution in [3.05, 3.63) is 18.1 Å². The summed E-state index contributed by atoms with van der Waals surface area (Å²) in [6.07, 6.45) is 6.54. The maximum absolute atomic E-state index is 9.08. The highest BCUT2D eigenvalue weighted by Gasteiger charge is 2.22. The predicted octanol–water partition coefficient (Wildman–Crippen LogP) is 1.29. The van der Waals surface area contributed by atoms with Crippen molar-refractivity contribution in [2.75, 3.05) is 45.2 Å². The molecule has 1 aliphatic heterocycles. The second-order valence-electron chi connectivity index (χ2n) is 5.55. The van der Waals surface area contributed by atoms with Crippen molar-refractivity contribution in [1.82, 2.24) is 14.9 Å². The maximum atomic E-state index is 9.08. The number of rotatable bonds is 6. The summed E-state index contributed by atoms with van der Waals surface area (Å²) in [5.41, 5.74) is 0.405. The van der Waals surface area contributed by atoms with Crippen LogP contribution in [0.4, 0.5) is 5.82 Å². The van der Waals surface area contributed by atoms with E-state index in [4.69, 9.17) is 10.00 Å². The molecule has 1 fully saturated rings. The normalized spacial score (nSPS) is 16.2. The highest BCUT2D eigenvalue weighted by molar-refractivity contribution is 5.49. The summed E-state index contributed by atoms with van der Waals surface area (Å²) >= 11 is 0. The van der Waals surface area contributed by atoms with Crippen molar-refractivity contribution in [2.24, 2.45) is 0 Å². The van der Waals surface area contributed by atoms with Gasteiger partial charge in [0.25, 0.3) is 0 Å². The van der Waals surface area contributed by atoms with E-state index in [0.717, 1.165) is 45.5 Å². The molecule has 1 aromatic heterocycles. The molecule has 6 heteroatoms. The summed E-state index contributed by atoms with van der Waals surface area (Å²) in [7, 11) is 4.15. The average molecular weight is 289 g/mol. The van der Waals surface area contributed by atoms with Gasteiger partial charge in [0, 0.05) is 32.1 Å². The van der Waals surface area contributed by atoms with Crippen molar-refractivity contribution in [3.8, 4) is 6.07 Å². The minimum absolute atomic E-state index is 0.325. The first kappa shape index (κ1) is 15.7. The molecule has 0 N–H and O–H groups in total. The van der Waals surface area contributed by atoms with Gasteiger partial charge >= 0.3 is 0 Å². The van der Waals surface area contributed by atoms with E-state index in [-0.39, 0.29) is 0 Å². The van der Waals surface area contributed by atoms with Crippen LogP contribution in [0, 0.1) is 11.3 Å². The second kappa shape index (κ2) is 7.91. The Balaban J connectivity index is 1.77. The molecule has 0 atom stereocenters. The number of aromatic nitrogens is 2. The van der Waals surface area contributed by atoms with Crippen molar-refractivity contribution in [3.63, 3.8) is 0 Å². The molecule has 2 heterocycles. The molecule has 1 saturated heterocycles. The molecule has 21 heavy (non-hydrogen) atoms. The molecule has 0 aliphatic carbocycles. The van der Waals surface area contributed by atoms with Gasteiger partial charge in [-0.2, -0.15) is 5.26 Å². The highest BCUT2D eigenvalue weighted by Crippen LogP contribution is 2.21. The Labute approximate surface area is 126 Å². The van der Waals surface area contributed by atoms with E-state index in [1.54, 1.807) is 12.4 Å². The van der Waals surface area contributed by atoms with E-state index in [9.17, 15) is 0 Å². The highest BCUT2D eigenvalue weighted by atomic mass is 16.5. The Hall–Kier alpha value is -1.71. The third-order valence-electron chi connectivity index (χ3n) is 3.63.